The summed E-state index contributed by atoms with van der Waals surface area (Å²) < 4.78 is 0. The summed E-state index contributed by atoms with van der Waals surface area (Å²) in [6.45, 7) is 2.64. The van der Waals surface area contributed by atoms with E-state index in [0.29, 0.717) is 21.8 Å². The number of rotatable bonds is 2. The van der Waals surface area contributed by atoms with Crippen LogP contribution in [0.4, 0.5) is 5.69 Å². The molecule has 2 aromatic carbocycles. The van der Waals surface area contributed by atoms with Gasteiger partial charge in [0.1, 0.15) is 5.76 Å². The number of amides is 2. The molecular weight excluding hydrogens is 377 g/mol. The summed E-state index contributed by atoms with van der Waals surface area (Å²) in [7, 11) is 0. The molecule has 5 nitrogen and oxygen atoms in total. The molecule has 0 fully saturated rings. The Morgan fingerprint density at radius 2 is 1.62 bits per heavy atom. The normalized spacial score (nSPS) is 15.1. The van der Waals surface area contributed by atoms with E-state index in [1.54, 1.807) is 0 Å². The van der Waals surface area contributed by atoms with Crippen LogP contribution in [0.25, 0.3) is 11.3 Å². The second-order valence-electron chi connectivity index (χ2n) is 5.80. The van der Waals surface area contributed by atoms with Crippen molar-refractivity contribution in [3.05, 3.63) is 63.1 Å². The number of aliphatic hydroxyl groups is 1. The van der Waals surface area contributed by atoms with Crippen LogP contribution >= 0.6 is 23.2 Å². The molecule has 0 bridgehead atoms. The molecule has 0 atom stereocenters. The minimum absolute atomic E-state index is 0.0725. The number of Topliss-reactive ketones (excluding diaryl/α,β-unsaturated/α-hetero) is 1. The molecule has 26 heavy (non-hydrogen) atoms. The van der Waals surface area contributed by atoms with Crippen LogP contribution in [0, 0.1) is 0 Å². The minimum atomic E-state index is -0.670. The van der Waals surface area contributed by atoms with Crippen LogP contribution in [0.2, 0.25) is 10.0 Å². The topological polar surface area (TPSA) is 74.7 Å². The maximum atomic E-state index is 12.8. The summed E-state index contributed by atoms with van der Waals surface area (Å²) in [5, 5.41) is 11.2. The van der Waals surface area contributed by atoms with Crippen molar-refractivity contribution in [2.45, 2.75) is 13.8 Å². The maximum absolute atomic E-state index is 12.8. The number of nitrogens with zero attached hydrogens (tertiary/aromatic N) is 1. The van der Waals surface area contributed by atoms with Crippen LogP contribution in [-0.4, -0.2) is 22.7 Å². The summed E-state index contributed by atoms with van der Waals surface area (Å²) in [6.07, 6.45) is 0. The lowest BCUT2D eigenvalue weighted by atomic mass is 9.99. The molecule has 0 aromatic heterocycles. The number of imide groups is 1. The van der Waals surface area contributed by atoms with Crippen molar-refractivity contribution in [1.82, 2.24) is 0 Å². The Labute approximate surface area is 159 Å². The number of hydrogen-bond acceptors (Lipinski definition) is 4. The first-order valence-electron chi connectivity index (χ1n) is 7.61. The first-order chi connectivity index (χ1) is 12.2. The molecule has 1 aliphatic rings. The second-order valence-corrected chi connectivity index (χ2v) is 6.61. The number of hydrogen-bond donors (Lipinski definition) is 1. The van der Waals surface area contributed by atoms with Gasteiger partial charge in [-0.15, -0.1) is 0 Å². The number of ketones is 1. The first-order valence-corrected chi connectivity index (χ1v) is 8.37. The molecule has 0 saturated heterocycles. The summed E-state index contributed by atoms with van der Waals surface area (Å²) in [5.74, 6) is -1.71. The average molecular weight is 390 g/mol. The minimum Gasteiger partial charge on any atom is -0.506 e. The largest absolute Gasteiger partial charge is 0.506 e. The summed E-state index contributed by atoms with van der Waals surface area (Å²) in [4.78, 5) is 37.4. The molecule has 1 aliphatic heterocycles. The monoisotopic (exact) mass is 389 g/mol. The number of fused-ring (bicyclic) bond motifs is 1. The van der Waals surface area contributed by atoms with Gasteiger partial charge in [0.25, 0.3) is 5.91 Å². The Morgan fingerprint density at radius 3 is 2.19 bits per heavy atom. The number of carbonyl (C=O) groups is 3. The highest BCUT2D eigenvalue weighted by Gasteiger charge is 2.38. The Hall–Kier alpha value is -2.63. The van der Waals surface area contributed by atoms with Gasteiger partial charge < -0.3 is 5.11 Å². The van der Waals surface area contributed by atoms with E-state index in [-0.39, 0.29) is 27.7 Å². The zero-order valence-electron chi connectivity index (χ0n) is 13.8. The molecule has 0 spiro atoms. The third kappa shape index (κ3) is 2.89. The summed E-state index contributed by atoms with van der Waals surface area (Å²) in [6, 6.07) is 8.95. The summed E-state index contributed by atoms with van der Waals surface area (Å²) in [5.41, 5.74) is 1.18. The average Bonchev–Trinajstić information content (AvgIpc) is 2.87. The Kier molecular flexibility index (Phi) is 4.61. The number of aliphatic hydroxyl groups excluding tert-OH is 1. The first kappa shape index (κ1) is 18.2. The number of carbonyl (C=O) groups excluding carboxylic acids is 3. The lowest BCUT2D eigenvalue weighted by Crippen LogP contribution is -2.31. The van der Waals surface area contributed by atoms with E-state index in [0.717, 1.165) is 4.90 Å². The SMILES string of the molecule is CC(=O)c1ccc2c(c1)C(=C(O)c1ccc(Cl)c(Cl)c1)C(=O)N2C(C)=O. The van der Waals surface area contributed by atoms with E-state index in [4.69, 9.17) is 23.2 Å². The molecule has 1 heterocycles. The predicted octanol–water partition coefficient (Wildman–Crippen LogP) is 4.52. The Bertz CT molecular complexity index is 1010. The molecule has 132 valence electrons. The fourth-order valence-electron chi connectivity index (χ4n) is 2.82. The van der Waals surface area contributed by atoms with Crippen molar-refractivity contribution >= 4 is 57.8 Å². The van der Waals surface area contributed by atoms with E-state index in [1.807, 2.05) is 0 Å². The fraction of sp³-hybridized carbons (Fsp3) is 0.105. The fourth-order valence-corrected chi connectivity index (χ4v) is 3.11. The molecule has 0 radical (unpaired) electrons. The quantitative estimate of drug-likeness (QED) is 0.465. The van der Waals surface area contributed by atoms with Crippen molar-refractivity contribution in [1.29, 1.82) is 0 Å². The third-order valence-corrected chi connectivity index (χ3v) is 4.81. The van der Waals surface area contributed by atoms with Gasteiger partial charge in [-0.1, -0.05) is 23.2 Å². The number of halogens is 2. The van der Waals surface area contributed by atoms with Crippen molar-refractivity contribution in [2.75, 3.05) is 4.90 Å². The van der Waals surface area contributed by atoms with Gasteiger partial charge in [0.05, 0.1) is 21.3 Å². The highest BCUT2D eigenvalue weighted by molar-refractivity contribution is 6.44. The Balaban J connectivity index is 2.29. The lowest BCUT2D eigenvalue weighted by molar-refractivity contribution is -0.122. The van der Waals surface area contributed by atoms with Crippen molar-refractivity contribution in [3.63, 3.8) is 0 Å². The van der Waals surface area contributed by atoms with Gasteiger partial charge in [0, 0.05) is 23.6 Å². The predicted molar refractivity (Wildman–Crippen MR) is 101 cm³/mol. The zero-order valence-corrected chi connectivity index (χ0v) is 15.4. The van der Waals surface area contributed by atoms with Crippen LogP contribution < -0.4 is 4.90 Å². The summed E-state index contributed by atoms with van der Waals surface area (Å²) >= 11 is 11.9. The molecule has 7 heteroatoms. The van der Waals surface area contributed by atoms with E-state index in [2.05, 4.69) is 0 Å². The standard InChI is InChI=1S/C19H13Cl2NO4/c1-9(23)11-4-6-16-13(7-11)17(19(26)22(16)10(2)24)18(25)12-3-5-14(20)15(21)8-12/h3-8,25H,1-2H3. The molecule has 1 N–H and O–H groups in total. The highest BCUT2D eigenvalue weighted by atomic mass is 35.5. The second kappa shape index (κ2) is 6.59. The highest BCUT2D eigenvalue weighted by Crippen LogP contribution is 2.41. The molecule has 0 saturated carbocycles. The van der Waals surface area contributed by atoms with Gasteiger partial charge in [-0.25, -0.2) is 4.90 Å². The number of anilines is 1. The Morgan fingerprint density at radius 1 is 0.962 bits per heavy atom. The molecule has 2 amide bonds. The van der Waals surface area contributed by atoms with Gasteiger partial charge in [-0.3, -0.25) is 14.4 Å². The maximum Gasteiger partial charge on any atom is 0.269 e. The molecule has 0 aliphatic carbocycles. The molecule has 2 aromatic rings. The number of benzene rings is 2. The van der Waals surface area contributed by atoms with Crippen LogP contribution in [0.3, 0.4) is 0 Å². The van der Waals surface area contributed by atoms with Crippen LogP contribution in [0.15, 0.2) is 36.4 Å². The van der Waals surface area contributed by atoms with Crippen LogP contribution in [0.5, 0.6) is 0 Å². The van der Waals surface area contributed by atoms with E-state index < -0.39 is 11.8 Å². The van der Waals surface area contributed by atoms with E-state index in [9.17, 15) is 19.5 Å². The van der Waals surface area contributed by atoms with Gasteiger partial charge >= 0.3 is 0 Å². The molecule has 0 unspecified atom stereocenters. The zero-order chi connectivity index (χ0) is 19.2. The van der Waals surface area contributed by atoms with Gasteiger partial charge in [0.15, 0.2) is 5.78 Å². The van der Waals surface area contributed by atoms with E-state index in [1.165, 1.54) is 50.2 Å². The smallest absolute Gasteiger partial charge is 0.269 e. The lowest BCUT2D eigenvalue weighted by Gasteiger charge is -2.12. The van der Waals surface area contributed by atoms with Gasteiger partial charge in [-0.05, 0) is 43.3 Å². The van der Waals surface area contributed by atoms with Crippen LogP contribution in [-0.2, 0) is 9.59 Å². The van der Waals surface area contributed by atoms with E-state index >= 15 is 0 Å². The van der Waals surface area contributed by atoms with Gasteiger partial charge in [0.2, 0.25) is 5.91 Å². The van der Waals surface area contributed by atoms with Crippen LogP contribution in [0.1, 0.15) is 35.3 Å². The van der Waals surface area contributed by atoms with Crippen molar-refractivity contribution in [2.24, 2.45) is 0 Å². The molecular formula is C19H13Cl2NO4. The third-order valence-electron chi connectivity index (χ3n) is 4.08. The van der Waals surface area contributed by atoms with Crippen molar-refractivity contribution < 1.29 is 19.5 Å². The van der Waals surface area contributed by atoms with Gasteiger partial charge in [-0.2, -0.15) is 0 Å². The van der Waals surface area contributed by atoms with Crippen molar-refractivity contribution in [3.8, 4) is 0 Å². The molecule has 3 rings (SSSR count).